The van der Waals surface area contributed by atoms with Crippen molar-refractivity contribution in [3.63, 3.8) is 0 Å². The number of anilines is 1. The highest BCUT2D eigenvalue weighted by Gasteiger charge is 2.43. The van der Waals surface area contributed by atoms with Gasteiger partial charge in [-0.15, -0.1) is 0 Å². The number of amides is 2. The van der Waals surface area contributed by atoms with Crippen LogP contribution in [0.2, 0.25) is 0 Å². The highest BCUT2D eigenvalue weighted by Crippen LogP contribution is 2.35. The number of rotatable bonds is 1. The smallest absolute Gasteiger partial charge is 0.410 e. The number of aromatic nitrogens is 1. The Labute approximate surface area is 148 Å². The lowest BCUT2D eigenvalue weighted by Gasteiger charge is -2.42. The zero-order valence-corrected chi connectivity index (χ0v) is 15.1. The summed E-state index contributed by atoms with van der Waals surface area (Å²) in [4.78, 5) is 32.9. The molecule has 1 saturated heterocycles. The number of carbonyl (C=O) groups excluding carboxylic acids is 2. The number of hydrogen-bond acceptors (Lipinski definition) is 5. The van der Waals surface area contributed by atoms with Crippen molar-refractivity contribution in [3.05, 3.63) is 23.9 Å². The molecule has 2 N–H and O–H groups in total. The molecule has 7 heteroatoms. The van der Waals surface area contributed by atoms with Crippen LogP contribution in [0.1, 0.15) is 44.0 Å². The number of hydrogen-bond donors (Lipinski definition) is 1. The molecule has 0 spiro atoms. The van der Waals surface area contributed by atoms with Gasteiger partial charge in [-0.3, -0.25) is 4.79 Å². The maximum atomic E-state index is 12.8. The minimum Gasteiger partial charge on any atom is -0.444 e. The fourth-order valence-electron chi connectivity index (χ4n) is 3.39. The Bertz CT molecular complexity index is 653. The van der Waals surface area contributed by atoms with Gasteiger partial charge in [0.1, 0.15) is 11.4 Å². The Morgan fingerprint density at radius 1 is 1.24 bits per heavy atom. The lowest BCUT2D eigenvalue weighted by Crippen LogP contribution is -2.51. The van der Waals surface area contributed by atoms with E-state index in [0.717, 1.165) is 12.8 Å². The predicted molar refractivity (Wildman–Crippen MR) is 94.0 cm³/mol. The molecule has 3 rings (SSSR count). The van der Waals surface area contributed by atoms with Gasteiger partial charge in [0, 0.05) is 31.9 Å². The van der Waals surface area contributed by atoms with Gasteiger partial charge in [0.15, 0.2) is 0 Å². The average Bonchev–Trinajstić information content (AvgIpc) is 2.62. The SMILES string of the molecule is CC(C)(C)OC(=O)N1CCN(C(=O)c2ccc(N)nc2)CC2CCC21. The van der Waals surface area contributed by atoms with Crippen molar-refractivity contribution in [2.45, 2.75) is 45.3 Å². The first-order chi connectivity index (χ1) is 11.7. The molecule has 1 aliphatic heterocycles. The number of nitrogens with two attached hydrogens (primary N) is 1. The maximum absolute atomic E-state index is 12.8. The van der Waals surface area contributed by atoms with Crippen LogP contribution in [0, 0.1) is 5.92 Å². The molecule has 1 aromatic rings. The molecule has 7 nitrogen and oxygen atoms in total. The Morgan fingerprint density at radius 3 is 2.56 bits per heavy atom. The molecule has 2 fully saturated rings. The summed E-state index contributed by atoms with van der Waals surface area (Å²) in [6.07, 6.45) is 3.21. The van der Waals surface area contributed by atoms with Crippen molar-refractivity contribution in [3.8, 4) is 0 Å². The van der Waals surface area contributed by atoms with Crippen molar-refractivity contribution in [2.75, 3.05) is 25.4 Å². The molecule has 0 radical (unpaired) electrons. The second-order valence-electron chi connectivity index (χ2n) is 7.80. The Morgan fingerprint density at radius 2 is 2.00 bits per heavy atom. The van der Waals surface area contributed by atoms with Crippen molar-refractivity contribution >= 4 is 17.8 Å². The van der Waals surface area contributed by atoms with Gasteiger partial charge in [0.2, 0.25) is 0 Å². The van der Waals surface area contributed by atoms with E-state index in [1.807, 2.05) is 25.7 Å². The molecule has 1 aromatic heterocycles. The quantitative estimate of drug-likeness (QED) is 0.841. The molecule has 2 unspecified atom stereocenters. The monoisotopic (exact) mass is 346 g/mol. The first-order valence-electron chi connectivity index (χ1n) is 8.75. The Balaban J connectivity index is 1.71. The number of fused-ring (bicyclic) bond motifs is 1. The summed E-state index contributed by atoms with van der Waals surface area (Å²) < 4.78 is 5.54. The van der Waals surface area contributed by atoms with E-state index in [4.69, 9.17) is 10.5 Å². The second-order valence-corrected chi connectivity index (χ2v) is 7.80. The lowest BCUT2D eigenvalue weighted by atomic mass is 9.78. The van der Waals surface area contributed by atoms with Gasteiger partial charge in [-0.25, -0.2) is 9.78 Å². The predicted octanol–water partition coefficient (Wildman–Crippen LogP) is 2.14. The Kier molecular flexibility index (Phi) is 4.58. The standard InChI is InChI=1S/C18H26N4O3/c1-18(2,3)25-17(24)22-9-8-21(11-13-4-6-14(13)22)16(23)12-5-7-15(19)20-10-12/h5,7,10,13-14H,4,6,8-9,11H2,1-3H3,(H2,19,20). The summed E-state index contributed by atoms with van der Waals surface area (Å²) in [5.74, 6) is 0.632. The van der Waals surface area contributed by atoms with Gasteiger partial charge >= 0.3 is 6.09 Å². The summed E-state index contributed by atoms with van der Waals surface area (Å²) in [7, 11) is 0. The van der Waals surface area contributed by atoms with E-state index in [1.165, 1.54) is 6.20 Å². The van der Waals surface area contributed by atoms with E-state index < -0.39 is 5.60 Å². The molecule has 1 aliphatic carbocycles. The third-order valence-electron chi connectivity index (χ3n) is 4.79. The molecule has 1 saturated carbocycles. The molecule has 2 amide bonds. The third-order valence-corrected chi connectivity index (χ3v) is 4.79. The summed E-state index contributed by atoms with van der Waals surface area (Å²) in [6.45, 7) is 7.24. The number of nitrogens with zero attached hydrogens (tertiary/aromatic N) is 3. The minimum absolute atomic E-state index is 0.0656. The van der Waals surface area contributed by atoms with E-state index in [0.29, 0.717) is 36.9 Å². The average molecular weight is 346 g/mol. The number of carbonyl (C=O) groups is 2. The van der Waals surface area contributed by atoms with E-state index in [2.05, 4.69) is 4.98 Å². The van der Waals surface area contributed by atoms with Crippen LogP contribution in [0.25, 0.3) is 0 Å². The third kappa shape index (κ3) is 3.86. The summed E-state index contributed by atoms with van der Waals surface area (Å²) in [5.41, 5.74) is 5.59. The van der Waals surface area contributed by atoms with Crippen LogP contribution in [-0.4, -0.2) is 58.1 Å². The first kappa shape index (κ1) is 17.5. The lowest BCUT2D eigenvalue weighted by molar-refractivity contribution is -0.000952. The highest BCUT2D eigenvalue weighted by atomic mass is 16.6. The van der Waals surface area contributed by atoms with Crippen LogP contribution in [0.4, 0.5) is 10.6 Å². The topological polar surface area (TPSA) is 88.8 Å². The van der Waals surface area contributed by atoms with Crippen molar-refractivity contribution in [1.82, 2.24) is 14.8 Å². The fraction of sp³-hybridized carbons (Fsp3) is 0.611. The zero-order valence-electron chi connectivity index (χ0n) is 15.1. The van der Waals surface area contributed by atoms with Gasteiger partial charge in [-0.1, -0.05) is 0 Å². The fourth-order valence-corrected chi connectivity index (χ4v) is 3.39. The van der Waals surface area contributed by atoms with Crippen LogP contribution in [0.5, 0.6) is 0 Å². The van der Waals surface area contributed by atoms with Gasteiger partial charge in [-0.05, 0) is 51.7 Å². The van der Waals surface area contributed by atoms with E-state index in [1.54, 1.807) is 17.0 Å². The zero-order chi connectivity index (χ0) is 18.2. The summed E-state index contributed by atoms with van der Waals surface area (Å²) in [6, 6.07) is 3.49. The molecule has 0 bridgehead atoms. The van der Waals surface area contributed by atoms with E-state index >= 15 is 0 Å². The summed E-state index contributed by atoms with van der Waals surface area (Å²) in [5, 5.41) is 0. The van der Waals surface area contributed by atoms with Crippen molar-refractivity contribution < 1.29 is 14.3 Å². The highest BCUT2D eigenvalue weighted by molar-refractivity contribution is 5.94. The van der Waals surface area contributed by atoms with Gasteiger partial charge in [-0.2, -0.15) is 0 Å². The van der Waals surface area contributed by atoms with Crippen LogP contribution < -0.4 is 5.73 Å². The van der Waals surface area contributed by atoms with E-state index in [-0.39, 0.29) is 18.0 Å². The molecular formula is C18H26N4O3. The number of pyridine rings is 1. The van der Waals surface area contributed by atoms with Gasteiger partial charge in [0.25, 0.3) is 5.91 Å². The van der Waals surface area contributed by atoms with Crippen LogP contribution in [-0.2, 0) is 4.74 Å². The molecule has 0 aromatic carbocycles. The first-order valence-corrected chi connectivity index (χ1v) is 8.75. The van der Waals surface area contributed by atoms with Crippen molar-refractivity contribution in [1.29, 1.82) is 0 Å². The second kappa shape index (κ2) is 6.54. The molecule has 2 aliphatic rings. The molecule has 2 heterocycles. The summed E-state index contributed by atoms with van der Waals surface area (Å²) >= 11 is 0. The minimum atomic E-state index is -0.520. The molecule has 25 heavy (non-hydrogen) atoms. The largest absolute Gasteiger partial charge is 0.444 e. The Hall–Kier alpha value is -2.31. The van der Waals surface area contributed by atoms with Crippen LogP contribution in [0.15, 0.2) is 18.3 Å². The maximum Gasteiger partial charge on any atom is 0.410 e. The van der Waals surface area contributed by atoms with Crippen LogP contribution in [0.3, 0.4) is 0 Å². The molecular weight excluding hydrogens is 320 g/mol. The van der Waals surface area contributed by atoms with Gasteiger partial charge < -0.3 is 20.3 Å². The van der Waals surface area contributed by atoms with Gasteiger partial charge in [0.05, 0.1) is 5.56 Å². The van der Waals surface area contributed by atoms with Crippen LogP contribution >= 0.6 is 0 Å². The number of ether oxygens (including phenoxy) is 1. The number of nitrogen functional groups attached to an aromatic ring is 1. The molecule has 2 atom stereocenters. The van der Waals surface area contributed by atoms with Crippen molar-refractivity contribution in [2.24, 2.45) is 5.92 Å². The van der Waals surface area contributed by atoms with E-state index in [9.17, 15) is 9.59 Å². The normalized spacial score (nSPS) is 23.3. The molecule has 136 valence electrons.